The molecule has 0 bridgehead atoms. The van der Waals surface area contributed by atoms with E-state index in [1.165, 1.54) is 19.3 Å². The van der Waals surface area contributed by atoms with E-state index in [1.807, 2.05) is 28.8 Å². The van der Waals surface area contributed by atoms with Crippen molar-refractivity contribution in [2.45, 2.75) is 31.8 Å². The predicted octanol–water partition coefficient (Wildman–Crippen LogP) is 1.37. The molecule has 0 radical (unpaired) electrons. The summed E-state index contributed by atoms with van der Waals surface area (Å²) in [6.07, 6.45) is 5.97. The Morgan fingerprint density at radius 2 is 2.27 bits per heavy atom. The summed E-state index contributed by atoms with van der Waals surface area (Å²) < 4.78 is 2.03. The molecular weight excluding hydrogens is 188 g/mol. The Labute approximate surface area is 88.3 Å². The molecule has 0 aliphatic heterocycles. The van der Waals surface area contributed by atoms with Gasteiger partial charge in [-0.2, -0.15) is 0 Å². The van der Waals surface area contributed by atoms with Gasteiger partial charge in [0.25, 0.3) is 0 Å². The van der Waals surface area contributed by atoms with Crippen LogP contribution in [0.2, 0.25) is 0 Å². The van der Waals surface area contributed by atoms with E-state index < -0.39 is 0 Å². The van der Waals surface area contributed by atoms with E-state index in [4.69, 9.17) is 0 Å². The number of nitrogens with zero attached hydrogens (tertiary/aromatic N) is 3. The van der Waals surface area contributed by atoms with Gasteiger partial charge in [-0.1, -0.05) is 12.5 Å². The van der Waals surface area contributed by atoms with Crippen molar-refractivity contribution < 1.29 is 0 Å². The lowest BCUT2D eigenvalue weighted by atomic mass is 9.93. The van der Waals surface area contributed by atoms with Crippen molar-refractivity contribution in [3.63, 3.8) is 0 Å². The van der Waals surface area contributed by atoms with Crippen molar-refractivity contribution >= 4 is 5.65 Å². The second-order valence-corrected chi connectivity index (χ2v) is 4.05. The number of nitrogens with one attached hydrogen (secondary N) is 1. The van der Waals surface area contributed by atoms with Gasteiger partial charge in [-0.3, -0.25) is 4.40 Å². The van der Waals surface area contributed by atoms with Crippen LogP contribution in [0.4, 0.5) is 0 Å². The van der Waals surface area contributed by atoms with Crippen molar-refractivity contribution in [3.05, 3.63) is 30.2 Å². The summed E-state index contributed by atoms with van der Waals surface area (Å²) in [4.78, 5) is 0. The smallest absolute Gasteiger partial charge is 0.160 e. The summed E-state index contributed by atoms with van der Waals surface area (Å²) in [6.45, 7) is 0.815. The Morgan fingerprint density at radius 1 is 1.33 bits per heavy atom. The minimum atomic E-state index is 0.695. The molecular formula is C11H14N4. The Bertz CT molecular complexity index is 458. The van der Waals surface area contributed by atoms with Crippen LogP contribution in [0.1, 0.15) is 25.1 Å². The van der Waals surface area contributed by atoms with E-state index in [2.05, 4.69) is 15.5 Å². The first-order valence-corrected chi connectivity index (χ1v) is 5.45. The van der Waals surface area contributed by atoms with Crippen molar-refractivity contribution in [1.82, 2.24) is 19.9 Å². The zero-order valence-corrected chi connectivity index (χ0v) is 8.56. The van der Waals surface area contributed by atoms with E-state index in [9.17, 15) is 0 Å². The number of rotatable bonds is 3. The van der Waals surface area contributed by atoms with Gasteiger partial charge in [0.2, 0.25) is 0 Å². The standard InChI is InChI=1S/C11H14N4/c1-2-7-15-10(6-1)13-14-11(15)8-12-9-4-3-5-9/h1-2,6-7,9,12H,3-5,8H2. The van der Waals surface area contributed by atoms with Crippen molar-refractivity contribution in [3.8, 4) is 0 Å². The van der Waals surface area contributed by atoms with Gasteiger partial charge in [0, 0.05) is 12.2 Å². The Morgan fingerprint density at radius 3 is 3.07 bits per heavy atom. The fourth-order valence-corrected chi connectivity index (χ4v) is 1.86. The van der Waals surface area contributed by atoms with Crippen LogP contribution < -0.4 is 5.32 Å². The molecule has 3 rings (SSSR count). The van der Waals surface area contributed by atoms with Crippen LogP contribution in [0.3, 0.4) is 0 Å². The Hall–Kier alpha value is -1.42. The van der Waals surface area contributed by atoms with Gasteiger partial charge in [0.05, 0.1) is 6.54 Å². The molecule has 0 atom stereocenters. The average Bonchev–Trinajstić information content (AvgIpc) is 2.60. The number of hydrogen-bond acceptors (Lipinski definition) is 3. The highest BCUT2D eigenvalue weighted by Crippen LogP contribution is 2.18. The Balaban J connectivity index is 1.78. The minimum absolute atomic E-state index is 0.695. The maximum absolute atomic E-state index is 4.18. The lowest BCUT2D eigenvalue weighted by Gasteiger charge is -2.26. The molecule has 2 aromatic heterocycles. The normalized spacial score (nSPS) is 16.8. The van der Waals surface area contributed by atoms with Crippen LogP contribution >= 0.6 is 0 Å². The quantitative estimate of drug-likeness (QED) is 0.817. The molecule has 15 heavy (non-hydrogen) atoms. The molecule has 78 valence electrons. The molecule has 0 unspecified atom stereocenters. The van der Waals surface area contributed by atoms with Crippen LogP contribution in [-0.4, -0.2) is 20.6 Å². The highest BCUT2D eigenvalue weighted by Gasteiger charge is 2.17. The average molecular weight is 202 g/mol. The van der Waals surface area contributed by atoms with Gasteiger partial charge in [-0.15, -0.1) is 10.2 Å². The molecule has 0 saturated heterocycles. The zero-order chi connectivity index (χ0) is 10.1. The number of aromatic nitrogens is 3. The molecule has 1 aliphatic rings. The Kier molecular flexibility index (Phi) is 2.14. The minimum Gasteiger partial charge on any atom is -0.307 e. The van der Waals surface area contributed by atoms with E-state index in [1.54, 1.807) is 0 Å². The SMILES string of the molecule is c1ccn2c(CNC3CCC3)nnc2c1. The molecule has 2 heterocycles. The molecule has 2 aromatic rings. The molecule has 1 fully saturated rings. The summed E-state index contributed by atoms with van der Waals surface area (Å²) in [7, 11) is 0. The lowest BCUT2D eigenvalue weighted by molar-refractivity contribution is 0.335. The monoisotopic (exact) mass is 202 g/mol. The van der Waals surface area contributed by atoms with Gasteiger partial charge in [-0.25, -0.2) is 0 Å². The van der Waals surface area contributed by atoms with Gasteiger partial charge >= 0.3 is 0 Å². The molecule has 4 nitrogen and oxygen atoms in total. The second-order valence-electron chi connectivity index (χ2n) is 4.05. The number of fused-ring (bicyclic) bond motifs is 1. The fourth-order valence-electron chi connectivity index (χ4n) is 1.86. The lowest BCUT2D eigenvalue weighted by Crippen LogP contribution is -2.35. The molecule has 1 aliphatic carbocycles. The van der Waals surface area contributed by atoms with Gasteiger partial charge < -0.3 is 5.32 Å². The molecule has 0 amide bonds. The predicted molar refractivity (Wildman–Crippen MR) is 57.5 cm³/mol. The van der Waals surface area contributed by atoms with Crippen LogP contribution in [0, 0.1) is 0 Å². The topological polar surface area (TPSA) is 42.2 Å². The first-order chi connectivity index (χ1) is 7.43. The third-order valence-electron chi connectivity index (χ3n) is 3.04. The third kappa shape index (κ3) is 1.61. The molecule has 0 spiro atoms. The van der Waals surface area contributed by atoms with E-state index in [0.29, 0.717) is 6.04 Å². The summed E-state index contributed by atoms with van der Waals surface area (Å²) in [5.74, 6) is 0.998. The maximum Gasteiger partial charge on any atom is 0.160 e. The fraction of sp³-hybridized carbons (Fsp3) is 0.455. The van der Waals surface area contributed by atoms with Crippen molar-refractivity contribution in [1.29, 1.82) is 0 Å². The molecule has 0 aromatic carbocycles. The summed E-state index contributed by atoms with van der Waals surface area (Å²) >= 11 is 0. The third-order valence-corrected chi connectivity index (χ3v) is 3.04. The van der Waals surface area contributed by atoms with Crippen LogP contribution in [0.5, 0.6) is 0 Å². The van der Waals surface area contributed by atoms with Gasteiger partial charge in [-0.05, 0) is 25.0 Å². The van der Waals surface area contributed by atoms with Gasteiger partial charge in [0.1, 0.15) is 0 Å². The molecule has 4 heteroatoms. The van der Waals surface area contributed by atoms with E-state index in [-0.39, 0.29) is 0 Å². The maximum atomic E-state index is 4.18. The summed E-state index contributed by atoms with van der Waals surface area (Å²) in [6, 6.07) is 6.65. The van der Waals surface area contributed by atoms with Gasteiger partial charge in [0.15, 0.2) is 11.5 Å². The summed E-state index contributed by atoms with van der Waals surface area (Å²) in [5, 5.41) is 11.8. The molecule has 1 saturated carbocycles. The highest BCUT2D eigenvalue weighted by molar-refractivity contribution is 5.36. The first-order valence-electron chi connectivity index (χ1n) is 5.45. The van der Waals surface area contributed by atoms with E-state index >= 15 is 0 Å². The second kappa shape index (κ2) is 3.62. The van der Waals surface area contributed by atoms with Crippen molar-refractivity contribution in [2.24, 2.45) is 0 Å². The van der Waals surface area contributed by atoms with E-state index in [0.717, 1.165) is 18.0 Å². The largest absolute Gasteiger partial charge is 0.307 e. The first kappa shape index (κ1) is 8.85. The van der Waals surface area contributed by atoms with Crippen LogP contribution in [0.25, 0.3) is 5.65 Å². The highest BCUT2D eigenvalue weighted by atomic mass is 15.3. The number of hydrogen-bond donors (Lipinski definition) is 1. The number of pyridine rings is 1. The summed E-state index contributed by atoms with van der Waals surface area (Å²) in [5.41, 5.74) is 0.919. The molecule has 1 N–H and O–H groups in total. The van der Waals surface area contributed by atoms with Crippen molar-refractivity contribution in [2.75, 3.05) is 0 Å². The van der Waals surface area contributed by atoms with Crippen LogP contribution in [0.15, 0.2) is 24.4 Å². The zero-order valence-electron chi connectivity index (χ0n) is 8.56. The van der Waals surface area contributed by atoms with Crippen LogP contribution in [-0.2, 0) is 6.54 Å².